The van der Waals surface area contributed by atoms with E-state index in [2.05, 4.69) is 96.6 Å². The fourth-order valence-electron chi connectivity index (χ4n) is 0.346. The summed E-state index contributed by atoms with van der Waals surface area (Å²) in [4.78, 5) is 0. The average molecular weight is 1830 g/mol. The minimum atomic E-state index is 0. The molecule has 0 fully saturated rings. The zero-order chi connectivity index (χ0) is 21.7. The van der Waals surface area contributed by atoms with Crippen LogP contribution in [0.2, 0.25) is 0 Å². The van der Waals surface area contributed by atoms with E-state index in [1.807, 2.05) is 0 Å². The average Bonchev–Trinajstić information content (AvgIpc) is 2.36. The van der Waals surface area contributed by atoms with E-state index >= 15 is 0 Å². The minimum absolute atomic E-state index is 0. The first kappa shape index (κ1) is 83.2. The van der Waals surface area contributed by atoms with Crippen molar-refractivity contribution in [2.45, 2.75) is 82.2 Å². The van der Waals surface area contributed by atoms with Crippen molar-refractivity contribution < 1.29 is 169 Å². The molecule has 6 nitrogen and oxygen atoms in total. The van der Waals surface area contributed by atoms with E-state index in [0.717, 1.165) is 0 Å². The molecule has 0 rings (SSSR count). The Balaban J connectivity index is -0.0000000136. The largest absolute Gasteiger partial charge is 2.00 e. The van der Waals surface area contributed by atoms with Gasteiger partial charge in [-0.05, 0) is 19.3 Å². The summed E-state index contributed by atoms with van der Waals surface area (Å²) in [5.74, 6) is 1.42. The van der Waals surface area contributed by atoms with Crippen LogP contribution in [0.25, 0.3) is 11.1 Å². The maximum Gasteiger partial charge on any atom is 2.00 e. The molecule has 0 spiro atoms. The van der Waals surface area contributed by atoms with E-state index in [9.17, 15) is 0 Å². The van der Waals surface area contributed by atoms with E-state index in [0.29, 0.717) is 12.6 Å². The summed E-state index contributed by atoms with van der Waals surface area (Å²) in [6, 6.07) is 0.322. The van der Waals surface area contributed by atoms with Gasteiger partial charge in [-0.2, -0.15) is 36.4 Å². The summed E-state index contributed by atoms with van der Waals surface area (Å²) in [5, 5.41) is 13.0. The van der Waals surface area contributed by atoms with Crippen LogP contribution in [0.1, 0.15) is 76.2 Å². The Hall–Kier alpha value is 4.31. The standard InChI is InChI=1S/C7H16N2.C5H11.C4H9.C2H5N2.CH3N2.8W/c1-6(9-8-5)7(2,3)4;1-5(2,3)4;1-4(2)3;1-2-4-3;1-3-2;;;;;;;;/h6H,1-5H3;1H2,2-4H3;1-3H3;2H2,1H3;1H3;;;;;;;;/q;4*-1;;;;;;;2*+2. The summed E-state index contributed by atoms with van der Waals surface area (Å²) in [6.45, 7) is 27.1. The Kier molecular flexibility index (Phi) is 153. The van der Waals surface area contributed by atoms with Gasteiger partial charge in [-0.3, -0.25) is 0 Å². The van der Waals surface area contributed by atoms with Crippen molar-refractivity contribution in [3.63, 3.8) is 0 Å². The van der Waals surface area contributed by atoms with E-state index in [-0.39, 0.29) is 179 Å². The molecule has 33 heavy (non-hydrogen) atoms. The molecule has 1 unspecified atom stereocenters. The monoisotopic (exact) mass is 1830 g/mol. The van der Waals surface area contributed by atoms with E-state index < -0.39 is 0 Å². The molecule has 0 aliphatic rings. The molecule has 0 aromatic heterocycles. The molecule has 0 bridgehead atoms. The number of rotatable bonds is 2. The van der Waals surface area contributed by atoms with Crippen LogP contribution in [0.15, 0.2) is 20.5 Å². The van der Waals surface area contributed by atoms with Crippen LogP contribution in [0.4, 0.5) is 0 Å². The van der Waals surface area contributed by atoms with Crippen LogP contribution in [-0.4, -0.2) is 26.7 Å². The van der Waals surface area contributed by atoms with Gasteiger partial charge in [0.05, 0.1) is 6.04 Å². The van der Waals surface area contributed by atoms with Crippen molar-refractivity contribution in [1.82, 2.24) is 0 Å². The molecule has 0 heterocycles. The Labute approximate surface area is 321 Å². The van der Waals surface area contributed by atoms with Gasteiger partial charge < -0.3 is 34.1 Å². The summed E-state index contributed by atoms with van der Waals surface area (Å²) >= 11 is 0. The zero-order valence-electron chi connectivity index (χ0n) is 22.4. The smallest absolute Gasteiger partial charge is 0.712 e. The number of hydrogen-bond donors (Lipinski definition) is 0. The second-order valence-electron chi connectivity index (χ2n) is 8.08. The van der Waals surface area contributed by atoms with Crippen molar-refractivity contribution in [3.05, 3.63) is 23.9 Å². The van der Waals surface area contributed by atoms with Crippen molar-refractivity contribution in [1.29, 1.82) is 0 Å². The Morgan fingerprint density at radius 2 is 0.939 bits per heavy atom. The van der Waals surface area contributed by atoms with Crippen molar-refractivity contribution >= 4 is 0 Å². The van der Waals surface area contributed by atoms with Crippen LogP contribution >= 0.6 is 0 Å². The predicted octanol–water partition coefficient (Wildman–Crippen LogP) is 7.64. The van der Waals surface area contributed by atoms with Gasteiger partial charge in [0, 0.05) is 147 Å². The fourth-order valence-corrected chi connectivity index (χ4v) is 0.346. The second kappa shape index (κ2) is 60.7. The summed E-state index contributed by atoms with van der Waals surface area (Å²) < 4.78 is 0. The Morgan fingerprint density at radius 3 is 0.970 bits per heavy atom. The third-order valence-corrected chi connectivity index (χ3v) is 1.68. The molecule has 198 valence electrons. The molecule has 0 aromatic rings. The molecule has 0 aromatic carbocycles. The van der Waals surface area contributed by atoms with Crippen molar-refractivity contribution in [2.24, 2.45) is 31.3 Å². The molecule has 1 atom stereocenters. The van der Waals surface area contributed by atoms with Crippen LogP contribution in [0.3, 0.4) is 0 Å². The van der Waals surface area contributed by atoms with E-state index in [1.54, 1.807) is 14.0 Å². The van der Waals surface area contributed by atoms with E-state index in [4.69, 9.17) is 11.1 Å². The van der Waals surface area contributed by atoms with Crippen LogP contribution in [0.5, 0.6) is 0 Å². The molecule has 0 N–H and O–H groups in total. The first-order valence-corrected chi connectivity index (χ1v) is 8.50. The number of azo groups is 1. The third-order valence-electron chi connectivity index (χ3n) is 1.68. The molecule has 0 aliphatic carbocycles. The van der Waals surface area contributed by atoms with E-state index in [1.165, 1.54) is 13.0 Å². The molecule has 0 amide bonds. The quantitative estimate of drug-likeness (QED) is 0.201. The molecule has 0 saturated heterocycles. The van der Waals surface area contributed by atoms with Crippen LogP contribution in [0, 0.1) is 23.7 Å². The molecule has 0 saturated carbocycles. The first-order valence-electron chi connectivity index (χ1n) is 8.50. The zero-order valence-corrected chi connectivity index (χ0v) is 45.9. The summed E-state index contributed by atoms with van der Waals surface area (Å²) in [5.41, 5.74) is 15.2. The van der Waals surface area contributed by atoms with Gasteiger partial charge >= 0.3 is 42.1 Å². The predicted molar refractivity (Wildman–Crippen MR) is 113 cm³/mol. The van der Waals surface area contributed by atoms with Gasteiger partial charge in [-0.25, -0.2) is 0 Å². The van der Waals surface area contributed by atoms with Gasteiger partial charge in [-0.1, -0.05) is 41.5 Å². The third kappa shape index (κ3) is 209. The molecule has 0 aliphatic heterocycles. The molecular formula is C19H44N6W8. The second-order valence-corrected chi connectivity index (χ2v) is 8.08. The van der Waals surface area contributed by atoms with Gasteiger partial charge in [0.25, 0.3) is 0 Å². The van der Waals surface area contributed by atoms with Crippen LogP contribution < -0.4 is 0 Å². The molecule has 0 radical (unpaired) electrons. The topological polar surface area (TPSA) is 94.0 Å². The Morgan fingerprint density at radius 1 is 0.788 bits per heavy atom. The molecular weight excluding hydrogens is 1780 g/mol. The normalized spacial score (nSPS) is 8.58. The summed E-state index contributed by atoms with van der Waals surface area (Å²) in [6.07, 6.45) is 0. The Bertz CT molecular complexity index is 303. The van der Waals surface area contributed by atoms with Crippen molar-refractivity contribution in [3.8, 4) is 0 Å². The minimum Gasteiger partial charge on any atom is -0.712 e. The molecule has 14 heteroatoms. The van der Waals surface area contributed by atoms with Gasteiger partial charge in [0.2, 0.25) is 0 Å². The number of nitrogens with zero attached hydrogens (tertiary/aromatic N) is 6. The number of hydrogen-bond acceptors (Lipinski definition) is 4. The SMILES string of the molecule is CCN=[N-].CN=NC(C)C(C)(C)C.CN=[N-].C[C-](C)C.[CH2-]C(C)(C)C.[W+2].[W+2].[W].[W].[W].[W].[W].[W]. The first-order chi connectivity index (χ1) is 11.0. The van der Waals surface area contributed by atoms with Gasteiger partial charge in [0.1, 0.15) is 0 Å². The van der Waals surface area contributed by atoms with Crippen molar-refractivity contribution in [2.75, 3.05) is 20.6 Å². The fraction of sp³-hybridized carbons (Fsp3) is 0.895. The maximum absolute atomic E-state index is 7.50. The van der Waals surface area contributed by atoms with Gasteiger partial charge in [0.15, 0.2) is 0 Å². The maximum atomic E-state index is 7.50. The van der Waals surface area contributed by atoms with Gasteiger partial charge in [-0.15, -0.1) is 0 Å². The summed E-state index contributed by atoms with van der Waals surface area (Å²) in [7, 11) is 3.02. The van der Waals surface area contributed by atoms with Crippen LogP contribution in [-0.2, 0) is 169 Å².